The van der Waals surface area contributed by atoms with E-state index < -0.39 is 73.0 Å². The molecule has 280 valence electrons. The lowest BCUT2D eigenvalue weighted by atomic mass is 10.0. The Morgan fingerprint density at radius 2 is 1.30 bits per heavy atom. The molecule has 4 atom stereocenters. The molecule has 6 N–H and O–H groups in total. The summed E-state index contributed by atoms with van der Waals surface area (Å²) in [6.45, 7) is 4.15. The van der Waals surface area contributed by atoms with Crippen LogP contribution in [0.15, 0.2) is 84.9 Å². The molecular formula is C39H45N5O9. The standard InChI is InChI=1S/C39H45N5O9/c1-24(2)19-32-39(51)53-23-52-33-12-8-7-11-28(33)15-18-34(46)42-30(21-27-13-16-29(45)17-14-27)37(49)41-25(3)36(48)40-22-35(47)43-31(38(50)44-32)20-26-9-5-4-6-10-26/h4-18,24-25,30-32,45H,19-23H2,1-3H3,(H,40,48)(H,41,49)(H,42,46)(H,43,47)(H,44,50)/b18-15-/t25-,30-,31-,32+/m0/s1. The van der Waals surface area contributed by atoms with Crippen molar-refractivity contribution in [3.05, 3.63) is 102 Å². The predicted octanol–water partition coefficient (Wildman–Crippen LogP) is 1.91. The number of fused-ring (bicyclic) bond motifs is 1. The number of para-hydroxylation sites is 1. The van der Waals surface area contributed by atoms with Gasteiger partial charge in [-0.3, -0.25) is 24.0 Å². The molecule has 0 aromatic heterocycles. The fraction of sp³-hybridized carbons (Fsp3) is 0.333. The monoisotopic (exact) mass is 727 g/mol. The first kappa shape index (κ1) is 39.6. The summed E-state index contributed by atoms with van der Waals surface area (Å²) in [5.41, 5.74) is 1.83. The van der Waals surface area contributed by atoms with Crippen LogP contribution in [0, 0.1) is 5.92 Å². The molecule has 14 nitrogen and oxygen atoms in total. The molecule has 0 aliphatic carbocycles. The molecule has 0 saturated carbocycles. The maximum absolute atomic E-state index is 13.6. The molecule has 5 amide bonds. The molecule has 3 aromatic carbocycles. The molecule has 4 rings (SSSR count). The minimum Gasteiger partial charge on any atom is -0.508 e. The van der Waals surface area contributed by atoms with Crippen molar-refractivity contribution in [3.8, 4) is 11.5 Å². The summed E-state index contributed by atoms with van der Waals surface area (Å²) in [4.78, 5) is 79.6. The Hall–Kier alpha value is -6.18. The molecule has 0 saturated heterocycles. The van der Waals surface area contributed by atoms with Gasteiger partial charge in [0.05, 0.1) is 6.54 Å². The third-order valence-corrected chi connectivity index (χ3v) is 8.18. The van der Waals surface area contributed by atoms with Gasteiger partial charge in [0.2, 0.25) is 36.3 Å². The highest BCUT2D eigenvalue weighted by Crippen LogP contribution is 2.20. The van der Waals surface area contributed by atoms with Crippen molar-refractivity contribution in [2.75, 3.05) is 13.3 Å². The van der Waals surface area contributed by atoms with Gasteiger partial charge in [0.15, 0.2) is 0 Å². The van der Waals surface area contributed by atoms with Gasteiger partial charge in [-0.1, -0.05) is 74.5 Å². The number of benzene rings is 3. The second-order valence-corrected chi connectivity index (χ2v) is 13.0. The fourth-order valence-corrected chi connectivity index (χ4v) is 5.43. The van der Waals surface area contributed by atoms with Gasteiger partial charge in [-0.2, -0.15) is 0 Å². The lowest BCUT2D eigenvalue weighted by molar-refractivity contribution is -0.154. The van der Waals surface area contributed by atoms with Gasteiger partial charge in [-0.25, -0.2) is 4.79 Å². The van der Waals surface area contributed by atoms with E-state index in [1.165, 1.54) is 31.2 Å². The number of ether oxygens (including phenoxy) is 2. The summed E-state index contributed by atoms with van der Waals surface area (Å²) in [6, 6.07) is 17.3. The molecule has 1 aliphatic rings. The first-order valence-electron chi connectivity index (χ1n) is 17.2. The molecule has 14 heteroatoms. The molecule has 3 aromatic rings. The zero-order valence-corrected chi connectivity index (χ0v) is 29.8. The van der Waals surface area contributed by atoms with Crippen LogP contribution in [-0.4, -0.2) is 78.1 Å². The van der Waals surface area contributed by atoms with E-state index in [0.717, 1.165) is 5.56 Å². The van der Waals surface area contributed by atoms with E-state index in [9.17, 15) is 33.9 Å². The van der Waals surface area contributed by atoms with Crippen LogP contribution in [0.1, 0.15) is 43.9 Å². The number of aromatic hydroxyl groups is 1. The van der Waals surface area contributed by atoms with Crippen molar-refractivity contribution in [1.29, 1.82) is 0 Å². The van der Waals surface area contributed by atoms with E-state index in [1.807, 2.05) is 19.9 Å². The average molecular weight is 728 g/mol. The molecular weight excluding hydrogens is 682 g/mol. The smallest absolute Gasteiger partial charge is 0.331 e. The quantitative estimate of drug-likeness (QED) is 0.205. The number of carbonyl (C=O) groups is 6. The second-order valence-electron chi connectivity index (χ2n) is 13.0. The Balaban J connectivity index is 1.62. The molecule has 0 radical (unpaired) electrons. The van der Waals surface area contributed by atoms with Crippen LogP contribution in [0.4, 0.5) is 0 Å². The maximum Gasteiger partial charge on any atom is 0.331 e. The van der Waals surface area contributed by atoms with Gasteiger partial charge in [0.1, 0.15) is 35.7 Å². The minimum atomic E-state index is -1.14. The van der Waals surface area contributed by atoms with Crippen LogP contribution < -0.4 is 31.3 Å². The highest BCUT2D eigenvalue weighted by molar-refractivity contribution is 5.97. The van der Waals surface area contributed by atoms with Crippen LogP contribution >= 0.6 is 0 Å². The molecule has 1 heterocycles. The highest BCUT2D eigenvalue weighted by atomic mass is 16.7. The number of esters is 1. The van der Waals surface area contributed by atoms with E-state index in [0.29, 0.717) is 11.1 Å². The zero-order valence-electron chi connectivity index (χ0n) is 29.8. The largest absolute Gasteiger partial charge is 0.508 e. The average Bonchev–Trinajstić information content (AvgIpc) is 3.13. The second kappa shape index (κ2) is 19.4. The molecule has 1 aliphatic heterocycles. The lowest BCUT2D eigenvalue weighted by Gasteiger charge is -2.24. The maximum atomic E-state index is 13.6. The number of hydrogen-bond acceptors (Lipinski definition) is 9. The van der Waals surface area contributed by atoms with E-state index in [2.05, 4.69) is 26.6 Å². The Morgan fingerprint density at radius 3 is 2.00 bits per heavy atom. The SMILES string of the molecule is CC(C)C[C@H]1NC(=O)[C@H](Cc2ccccc2)NC(=O)CNC(=O)[C@H](C)NC(=O)[C@H](Cc2ccc(O)cc2)NC(=O)/C=C\c2ccccc2OCOC1=O. The number of amides is 5. The Bertz CT molecular complexity index is 1780. The minimum absolute atomic E-state index is 0.0195. The highest BCUT2D eigenvalue weighted by Gasteiger charge is 2.30. The Labute approximate surface area is 307 Å². The van der Waals surface area contributed by atoms with Gasteiger partial charge < -0.3 is 41.2 Å². The van der Waals surface area contributed by atoms with Crippen molar-refractivity contribution < 1.29 is 43.3 Å². The molecule has 0 spiro atoms. The summed E-state index contributed by atoms with van der Waals surface area (Å²) in [5.74, 6) is -3.78. The first-order chi connectivity index (χ1) is 25.4. The van der Waals surface area contributed by atoms with Gasteiger partial charge in [-0.15, -0.1) is 0 Å². The van der Waals surface area contributed by atoms with E-state index in [1.54, 1.807) is 60.7 Å². The topological polar surface area (TPSA) is 201 Å². The third kappa shape index (κ3) is 12.8. The van der Waals surface area contributed by atoms with Crippen molar-refractivity contribution in [2.45, 2.75) is 64.2 Å². The predicted molar refractivity (Wildman–Crippen MR) is 195 cm³/mol. The van der Waals surface area contributed by atoms with Gasteiger partial charge in [0.25, 0.3) is 0 Å². The number of nitrogens with one attached hydrogen (secondary N) is 5. The summed E-state index contributed by atoms with van der Waals surface area (Å²) < 4.78 is 11.2. The number of hydrogen-bond donors (Lipinski definition) is 6. The first-order valence-corrected chi connectivity index (χ1v) is 17.2. The van der Waals surface area contributed by atoms with Gasteiger partial charge >= 0.3 is 5.97 Å². The Morgan fingerprint density at radius 1 is 0.679 bits per heavy atom. The van der Waals surface area contributed by atoms with Gasteiger partial charge in [0, 0.05) is 24.5 Å². The summed E-state index contributed by atoms with van der Waals surface area (Å²) >= 11 is 0. The van der Waals surface area contributed by atoms with E-state index in [-0.39, 0.29) is 36.7 Å². The molecule has 0 unspecified atom stereocenters. The number of carbonyl (C=O) groups excluding carboxylic acids is 6. The number of cyclic esters (lactones) is 1. The molecule has 53 heavy (non-hydrogen) atoms. The number of phenols is 1. The van der Waals surface area contributed by atoms with Crippen molar-refractivity contribution in [2.24, 2.45) is 5.92 Å². The normalized spacial score (nSPS) is 21.7. The van der Waals surface area contributed by atoms with Crippen LogP contribution in [0.3, 0.4) is 0 Å². The van der Waals surface area contributed by atoms with Crippen molar-refractivity contribution in [3.63, 3.8) is 0 Å². The van der Waals surface area contributed by atoms with Crippen molar-refractivity contribution >= 4 is 41.6 Å². The Kier molecular flexibility index (Phi) is 14.5. The van der Waals surface area contributed by atoms with E-state index in [4.69, 9.17) is 9.47 Å². The summed E-state index contributed by atoms with van der Waals surface area (Å²) in [7, 11) is 0. The van der Waals surface area contributed by atoms with Gasteiger partial charge in [-0.05, 0) is 54.7 Å². The third-order valence-electron chi connectivity index (χ3n) is 8.18. The lowest BCUT2D eigenvalue weighted by Crippen LogP contribution is -2.56. The fourth-order valence-electron chi connectivity index (χ4n) is 5.43. The number of phenolic OH excluding ortho intramolecular Hbond substituents is 1. The summed E-state index contributed by atoms with van der Waals surface area (Å²) in [6.07, 6.45) is 3.01. The van der Waals surface area contributed by atoms with Crippen molar-refractivity contribution in [1.82, 2.24) is 26.6 Å². The van der Waals surface area contributed by atoms with Crippen LogP contribution in [-0.2, 0) is 46.3 Å². The van der Waals surface area contributed by atoms with Crippen LogP contribution in [0.25, 0.3) is 6.08 Å². The molecule has 0 bridgehead atoms. The zero-order chi connectivity index (χ0) is 38.3. The van der Waals surface area contributed by atoms with E-state index >= 15 is 0 Å². The molecule has 0 fully saturated rings. The van der Waals surface area contributed by atoms with Crippen LogP contribution in [0.5, 0.6) is 11.5 Å². The number of rotatable bonds is 6. The van der Waals surface area contributed by atoms with Crippen LogP contribution in [0.2, 0.25) is 0 Å². The summed E-state index contributed by atoms with van der Waals surface area (Å²) in [5, 5.41) is 22.8.